The fourth-order valence-electron chi connectivity index (χ4n) is 7.20. The molecule has 2 heterocycles. The smallest absolute Gasteiger partial charge is 0.235 e. The first-order chi connectivity index (χ1) is 20.3. The number of nitrogens with zero attached hydrogens (tertiary/aromatic N) is 3. The topological polar surface area (TPSA) is 30.7 Å². The average molecular weight is 520 g/mol. The zero-order valence-electron chi connectivity index (χ0n) is 22.0. The van der Waals surface area contributed by atoms with E-state index in [0.29, 0.717) is 5.95 Å². The molecule has 0 spiro atoms. The molecule has 10 rings (SSSR count). The third kappa shape index (κ3) is 2.68. The number of para-hydroxylation sites is 1. The van der Waals surface area contributed by atoms with Gasteiger partial charge in [0.25, 0.3) is 0 Å². The minimum atomic E-state index is 0.693. The molecule has 0 aliphatic heterocycles. The molecule has 0 saturated carbocycles. The minimum Gasteiger partial charge on any atom is -0.278 e. The summed E-state index contributed by atoms with van der Waals surface area (Å²) in [5, 5.41) is 11.4. The Morgan fingerprint density at radius 2 is 1.05 bits per heavy atom. The van der Waals surface area contributed by atoms with Crippen LogP contribution >= 0.6 is 0 Å². The van der Waals surface area contributed by atoms with Crippen LogP contribution in [-0.2, 0) is 0 Å². The molecule has 0 bridgehead atoms. The van der Waals surface area contributed by atoms with Crippen LogP contribution in [0.15, 0.2) is 127 Å². The Bertz CT molecular complexity index is 2570. The van der Waals surface area contributed by atoms with Gasteiger partial charge in [-0.2, -0.15) is 0 Å². The number of hydrogen-bond acceptors (Lipinski definition) is 2. The largest absolute Gasteiger partial charge is 0.278 e. The third-order valence-electron chi connectivity index (χ3n) is 8.89. The van der Waals surface area contributed by atoms with Gasteiger partial charge >= 0.3 is 0 Å². The normalized spacial score (nSPS) is 12.4. The molecule has 3 nitrogen and oxygen atoms in total. The molecular formula is C38H21N3. The molecule has 0 fully saturated rings. The van der Waals surface area contributed by atoms with Gasteiger partial charge < -0.3 is 0 Å². The summed E-state index contributed by atoms with van der Waals surface area (Å²) in [5.41, 5.74) is 7.77. The Morgan fingerprint density at radius 1 is 0.415 bits per heavy atom. The maximum atomic E-state index is 5.29. The molecule has 3 heteroatoms. The maximum Gasteiger partial charge on any atom is 0.235 e. The van der Waals surface area contributed by atoms with Crippen LogP contribution in [-0.4, -0.2) is 14.5 Å². The van der Waals surface area contributed by atoms with Gasteiger partial charge in [-0.3, -0.25) is 4.57 Å². The maximum absolute atomic E-state index is 5.29. The molecular weight excluding hydrogens is 498 g/mol. The summed E-state index contributed by atoms with van der Waals surface area (Å²) in [6, 6.07) is 45.7. The second kappa shape index (κ2) is 7.56. The van der Waals surface area contributed by atoms with Crippen LogP contribution in [0.3, 0.4) is 0 Å². The van der Waals surface area contributed by atoms with Gasteiger partial charge in [0.05, 0.1) is 22.2 Å². The van der Waals surface area contributed by atoms with Crippen LogP contribution < -0.4 is 0 Å². The van der Waals surface area contributed by atoms with E-state index >= 15 is 0 Å². The highest BCUT2D eigenvalue weighted by atomic mass is 15.2. The van der Waals surface area contributed by atoms with Crippen molar-refractivity contribution < 1.29 is 0 Å². The van der Waals surface area contributed by atoms with E-state index in [-0.39, 0.29) is 0 Å². The molecule has 0 N–H and O–H groups in total. The molecule has 7 aromatic carbocycles. The van der Waals surface area contributed by atoms with Crippen molar-refractivity contribution in [1.82, 2.24) is 14.5 Å². The van der Waals surface area contributed by atoms with E-state index in [0.717, 1.165) is 33.2 Å². The third-order valence-corrected chi connectivity index (χ3v) is 8.89. The molecule has 0 radical (unpaired) electrons. The number of aromatic nitrogens is 3. The van der Waals surface area contributed by atoms with Crippen LogP contribution in [0.1, 0.15) is 0 Å². The van der Waals surface area contributed by atoms with Crippen LogP contribution in [0.4, 0.5) is 0 Å². The average Bonchev–Trinajstić information content (AvgIpc) is 3.31. The molecule has 1 aliphatic carbocycles. The second-order valence-electron chi connectivity index (χ2n) is 11.0. The fourth-order valence-corrected chi connectivity index (χ4v) is 7.20. The lowest BCUT2D eigenvalue weighted by Crippen LogP contribution is -2.03. The van der Waals surface area contributed by atoms with Crippen molar-refractivity contribution in [3.8, 4) is 28.3 Å². The molecule has 0 atom stereocenters. The first-order valence-corrected chi connectivity index (χ1v) is 14.0. The molecule has 9 aromatic rings. The van der Waals surface area contributed by atoms with Gasteiger partial charge in [0.15, 0.2) is 0 Å². The van der Waals surface area contributed by atoms with Gasteiger partial charge in [-0.25, -0.2) is 9.97 Å². The van der Waals surface area contributed by atoms with Crippen molar-refractivity contribution in [2.75, 3.05) is 0 Å². The van der Waals surface area contributed by atoms with E-state index in [2.05, 4.69) is 126 Å². The number of hydrogen-bond donors (Lipinski definition) is 0. The monoisotopic (exact) mass is 519 g/mol. The second-order valence-corrected chi connectivity index (χ2v) is 11.0. The van der Waals surface area contributed by atoms with Gasteiger partial charge in [-0.1, -0.05) is 109 Å². The predicted molar refractivity (Wildman–Crippen MR) is 171 cm³/mol. The highest BCUT2D eigenvalue weighted by Gasteiger charge is 2.25. The molecule has 0 amide bonds. The van der Waals surface area contributed by atoms with Gasteiger partial charge in [-0.15, -0.1) is 0 Å². The highest BCUT2D eigenvalue weighted by Crippen LogP contribution is 2.49. The van der Waals surface area contributed by atoms with Crippen molar-refractivity contribution in [2.24, 2.45) is 0 Å². The fraction of sp³-hybridized carbons (Fsp3) is 0. The van der Waals surface area contributed by atoms with Crippen LogP contribution in [0.25, 0.3) is 93.4 Å². The molecule has 0 unspecified atom stereocenters. The van der Waals surface area contributed by atoms with Gasteiger partial charge in [0.1, 0.15) is 0 Å². The van der Waals surface area contributed by atoms with E-state index in [9.17, 15) is 0 Å². The molecule has 1 aliphatic rings. The van der Waals surface area contributed by atoms with E-state index in [1.807, 2.05) is 6.07 Å². The first-order valence-electron chi connectivity index (χ1n) is 14.0. The zero-order chi connectivity index (χ0) is 26.7. The van der Waals surface area contributed by atoms with E-state index in [1.165, 1.54) is 54.2 Å². The van der Waals surface area contributed by atoms with Crippen molar-refractivity contribution in [3.63, 3.8) is 0 Å². The summed E-state index contributed by atoms with van der Waals surface area (Å²) in [6.45, 7) is 0. The Hall–Kier alpha value is -5.54. The Balaban J connectivity index is 1.45. The van der Waals surface area contributed by atoms with E-state index in [4.69, 9.17) is 9.97 Å². The zero-order valence-corrected chi connectivity index (χ0v) is 22.0. The quantitative estimate of drug-likeness (QED) is 0.213. The lowest BCUT2D eigenvalue weighted by molar-refractivity contribution is 1.01. The lowest BCUT2D eigenvalue weighted by atomic mass is 9.93. The minimum absolute atomic E-state index is 0.693. The van der Waals surface area contributed by atoms with Gasteiger partial charge in [0, 0.05) is 27.1 Å². The lowest BCUT2D eigenvalue weighted by Gasteiger charge is -2.14. The van der Waals surface area contributed by atoms with E-state index in [1.54, 1.807) is 0 Å². The predicted octanol–water partition coefficient (Wildman–Crippen LogP) is 9.83. The standard InChI is InChI=1S/C38H21N3/c1-2-8-25(9-3-1)37-28-11-4-5-14-29(28)39-38(40-37)41-30-15-7-13-27-26-12-6-10-22-16-17-23-18-19-24-20-21-31(41)36(35(27)30)34(24)33(23)32(22)26/h1-21H. The number of rotatable bonds is 2. The molecule has 188 valence electrons. The van der Waals surface area contributed by atoms with Crippen LogP contribution in [0.2, 0.25) is 0 Å². The molecule has 41 heavy (non-hydrogen) atoms. The summed E-state index contributed by atoms with van der Waals surface area (Å²) < 4.78 is 2.28. The van der Waals surface area contributed by atoms with Crippen LogP contribution in [0.5, 0.6) is 0 Å². The summed E-state index contributed by atoms with van der Waals surface area (Å²) >= 11 is 0. The SMILES string of the molecule is c1ccc(-c2nc(-n3c4cccc5c4c4c6c(ccc7ccc8cccc-5c8c76)ccc43)nc3ccccc23)cc1. The first kappa shape index (κ1) is 21.3. The van der Waals surface area contributed by atoms with Crippen molar-refractivity contribution in [1.29, 1.82) is 0 Å². The van der Waals surface area contributed by atoms with Crippen molar-refractivity contribution in [2.45, 2.75) is 0 Å². The summed E-state index contributed by atoms with van der Waals surface area (Å²) in [5.74, 6) is 0.693. The number of fused-ring (bicyclic) bond motifs is 2. The van der Waals surface area contributed by atoms with Crippen molar-refractivity contribution >= 4 is 65.0 Å². The Kier molecular flexibility index (Phi) is 3.93. The number of benzene rings is 7. The van der Waals surface area contributed by atoms with Crippen LogP contribution in [0, 0.1) is 0 Å². The molecule has 2 aromatic heterocycles. The Morgan fingerprint density at radius 3 is 1.88 bits per heavy atom. The highest BCUT2D eigenvalue weighted by molar-refractivity contribution is 6.38. The molecule has 0 saturated heterocycles. The summed E-state index contributed by atoms with van der Waals surface area (Å²) in [7, 11) is 0. The Labute approximate surface area is 234 Å². The van der Waals surface area contributed by atoms with E-state index < -0.39 is 0 Å². The summed E-state index contributed by atoms with van der Waals surface area (Å²) in [4.78, 5) is 10.5. The summed E-state index contributed by atoms with van der Waals surface area (Å²) in [6.07, 6.45) is 0. The van der Waals surface area contributed by atoms with Crippen molar-refractivity contribution in [3.05, 3.63) is 127 Å². The van der Waals surface area contributed by atoms with Gasteiger partial charge in [-0.05, 0) is 56.3 Å². The van der Waals surface area contributed by atoms with Gasteiger partial charge in [0.2, 0.25) is 5.95 Å².